The van der Waals surface area contributed by atoms with Crippen LogP contribution >= 0.6 is 15.6 Å². The standard InChI is InChI=1S/C17H25N5O15P2/c1-6(23)34-13-11(25)8(36-17(13)27)3-33-39(30,31)37-38(28,29)32-2-7-10(24)12(26)16(35-7)22-5-21-9-14(18)19-4-20-15(9)22/h4-5,7-8,10-13,16-17,24-27H,2-3H2,1H3,(H,28,29)(H,30,31)(H2,18,19,20)/t7-,8+,10-,11+,12-,13+,16-,17?/m1/s1/i1D3. The zero-order valence-electron chi connectivity index (χ0n) is 22.3. The predicted octanol–water partition coefficient (Wildman–Crippen LogP) is -2.71. The summed E-state index contributed by atoms with van der Waals surface area (Å²) in [5.41, 5.74) is 6.03. The van der Waals surface area contributed by atoms with E-state index in [0.29, 0.717) is 0 Å². The number of rotatable bonds is 10. The molecular formula is C17H25N5O15P2. The number of imidazole rings is 1. The fourth-order valence-electron chi connectivity index (χ4n) is 3.77. The maximum Gasteiger partial charge on any atom is 0.481 e. The molecule has 39 heavy (non-hydrogen) atoms. The van der Waals surface area contributed by atoms with Crippen molar-refractivity contribution in [2.45, 2.75) is 56.0 Å². The topological polar surface area (TPSA) is 298 Å². The van der Waals surface area contributed by atoms with Crippen LogP contribution in [0.4, 0.5) is 5.82 Å². The van der Waals surface area contributed by atoms with Crippen LogP contribution < -0.4 is 5.73 Å². The van der Waals surface area contributed by atoms with Crippen LogP contribution in [0.5, 0.6) is 0 Å². The second-order valence-corrected chi connectivity index (χ2v) is 11.2. The predicted molar refractivity (Wildman–Crippen MR) is 121 cm³/mol. The van der Waals surface area contributed by atoms with Crippen LogP contribution in [0.15, 0.2) is 12.7 Å². The highest BCUT2D eigenvalue weighted by molar-refractivity contribution is 7.61. The van der Waals surface area contributed by atoms with E-state index in [0.717, 1.165) is 6.33 Å². The number of nitrogens with zero attached hydrogens (tertiary/aromatic N) is 4. The van der Waals surface area contributed by atoms with Gasteiger partial charge in [-0.1, -0.05) is 0 Å². The third-order valence-electron chi connectivity index (χ3n) is 5.56. The van der Waals surface area contributed by atoms with E-state index in [4.69, 9.17) is 19.3 Å². The molecule has 4 heterocycles. The van der Waals surface area contributed by atoms with Crippen molar-refractivity contribution in [3.05, 3.63) is 12.7 Å². The van der Waals surface area contributed by atoms with Crippen LogP contribution in [-0.4, -0.2) is 112 Å². The van der Waals surface area contributed by atoms with Gasteiger partial charge in [-0.05, 0) is 0 Å². The van der Waals surface area contributed by atoms with Crippen molar-refractivity contribution in [2.24, 2.45) is 0 Å². The quantitative estimate of drug-likeness (QED) is 0.107. The van der Waals surface area contributed by atoms with Crippen LogP contribution in [0.3, 0.4) is 0 Å². The average molecular weight is 604 g/mol. The lowest BCUT2D eigenvalue weighted by Gasteiger charge is -2.20. The summed E-state index contributed by atoms with van der Waals surface area (Å²) in [4.78, 5) is 43.0. The molecule has 4 rings (SSSR count). The SMILES string of the molecule is [2H]C([2H])([2H])C(=O)O[C@@H]1C(O)O[C@@H](COP(=O)(O)OP(=O)(O)OC[C@H]2O[C@@H](n3cnc4c(N)ncnc43)[C@H](O)[C@@H]2O)[C@@H]1O. The van der Waals surface area contributed by atoms with Crippen LogP contribution in [0.1, 0.15) is 17.2 Å². The number of nitrogens with two attached hydrogens (primary N) is 1. The summed E-state index contributed by atoms with van der Waals surface area (Å²) < 4.78 is 74.7. The molecule has 2 fully saturated rings. The molecule has 22 heteroatoms. The van der Waals surface area contributed by atoms with E-state index in [1.807, 2.05) is 0 Å². The number of aromatic nitrogens is 4. The third-order valence-corrected chi connectivity index (χ3v) is 8.17. The van der Waals surface area contributed by atoms with Gasteiger partial charge < -0.3 is 50.2 Å². The van der Waals surface area contributed by atoms with E-state index in [1.165, 1.54) is 10.9 Å². The first-order chi connectivity index (χ1) is 19.4. The van der Waals surface area contributed by atoms with E-state index in [1.54, 1.807) is 0 Å². The van der Waals surface area contributed by atoms with Gasteiger partial charge in [-0.25, -0.2) is 24.1 Å². The number of phosphoric ester groups is 2. The first-order valence-corrected chi connectivity index (χ1v) is 13.7. The highest BCUT2D eigenvalue weighted by atomic mass is 31.3. The first-order valence-electron chi connectivity index (χ1n) is 12.2. The van der Waals surface area contributed by atoms with Gasteiger partial charge in [0.2, 0.25) is 0 Å². The van der Waals surface area contributed by atoms with Gasteiger partial charge in [-0.2, -0.15) is 4.31 Å². The van der Waals surface area contributed by atoms with Crippen LogP contribution in [0.25, 0.3) is 11.2 Å². The molecule has 218 valence electrons. The smallest absolute Gasteiger partial charge is 0.454 e. The molecule has 2 aromatic rings. The fraction of sp³-hybridized carbons (Fsp3) is 0.647. The minimum atomic E-state index is -5.46. The number of hydrogen-bond acceptors (Lipinski definition) is 17. The van der Waals surface area contributed by atoms with Crippen molar-refractivity contribution in [1.29, 1.82) is 0 Å². The number of fused-ring (bicyclic) bond motifs is 1. The molecule has 2 saturated heterocycles. The van der Waals surface area contributed by atoms with E-state index in [9.17, 15) is 44.1 Å². The molecule has 0 bridgehead atoms. The molecule has 0 spiro atoms. The number of aliphatic hydroxyl groups excluding tert-OH is 4. The molecule has 0 amide bonds. The van der Waals surface area contributed by atoms with Crippen molar-refractivity contribution in [1.82, 2.24) is 19.5 Å². The van der Waals surface area contributed by atoms with Crippen molar-refractivity contribution >= 4 is 38.6 Å². The lowest BCUT2D eigenvalue weighted by Crippen LogP contribution is -2.37. The number of esters is 1. The summed E-state index contributed by atoms with van der Waals surface area (Å²) in [6, 6.07) is 0. The molecule has 2 aliphatic rings. The van der Waals surface area contributed by atoms with Gasteiger partial charge in [0.25, 0.3) is 0 Å². The van der Waals surface area contributed by atoms with Gasteiger partial charge in [0.1, 0.15) is 42.4 Å². The molecule has 2 aromatic heterocycles. The zero-order valence-corrected chi connectivity index (χ0v) is 21.1. The second kappa shape index (κ2) is 11.4. The molecule has 0 aromatic carbocycles. The average Bonchev–Trinajstić information content (AvgIpc) is 3.51. The Kier molecular flexibility index (Phi) is 7.52. The lowest BCUT2D eigenvalue weighted by atomic mass is 10.1. The lowest BCUT2D eigenvalue weighted by molar-refractivity contribution is -0.170. The normalized spacial score (nSPS) is 35.6. The Bertz CT molecular complexity index is 1400. The molecule has 10 atom stereocenters. The maximum atomic E-state index is 12.3. The van der Waals surface area contributed by atoms with Gasteiger partial charge in [0.05, 0.1) is 19.5 Å². The Labute approximate surface area is 222 Å². The summed E-state index contributed by atoms with van der Waals surface area (Å²) in [6.07, 6.45) is -11.3. The molecular weight excluding hydrogens is 576 g/mol. The Morgan fingerprint density at radius 2 is 1.69 bits per heavy atom. The van der Waals surface area contributed by atoms with E-state index < -0.39 is 90.8 Å². The molecule has 0 saturated carbocycles. The van der Waals surface area contributed by atoms with Crippen molar-refractivity contribution < 1.29 is 75.8 Å². The Morgan fingerprint density at radius 1 is 1.05 bits per heavy atom. The van der Waals surface area contributed by atoms with Crippen LogP contribution in [-0.2, 0) is 41.5 Å². The Morgan fingerprint density at radius 3 is 2.33 bits per heavy atom. The van der Waals surface area contributed by atoms with Crippen LogP contribution in [0, 0.1) is 0 Å². The van der Waals surface area contributed by atoms with Gasteiger partial charge in [-0.3, -0.25) is 18.4 Å². The number of ether oxygens (including phenoxy) is 3. The summed E-state index contributed by atoms with van der Waals surface area (Å²) >= 11 is 0. The number of carbonyl (C=O) groups excluding carboxylic acids is 1. The van der Waals surface area contributed by atoms with E-state index in [-0.39, 0.29) is 17.0 Å². The Hall–Kier alpha value is -2.16. The second-order valence-electron chi connectivity index (χ2n) is 8.17. The summed E-state index contributed by atoms with van der Waals surface area (Å²) in [5.74, 6) is -1.74. The minimum absolute atomic E-state index is 0.0302. The molecule has 8 N–H and O–H groups in total. The molecule has 2 aliphatic heterocycles. The van der Waals surface area contributed by atoms with Crippen LogP contribution in [0.2, 0.25) is 0 Å². The van der Waals surface area contributed by atoms with E-state index >= 15 is 0 Å². The molecule has 3 unspecified atom stereocenters. The fourth-order valence-corrected chi connectivity index (χ4v) is 5.86. The number of nitrogen functional groups attached to an aromatic ring is 1. The van der Waals surface area contributed by atoms with Gasteiger partial charge >= 0.3 is 21.6 Å². The summed E-state index contributed by atoms with van der Waals surface area (Å²) in [7, 11) is -10.9. The van der Waals surface area contributed by atoms with Gasteiger partial charge in [0.15, 0.2) is 30.1 Å². The highest BCUT2D eigenvalue weighted by Crippen LogP contribution is 2.60. The third kappa shape index (κ3) is 6.60. The largest absolute Gasteiger partial charge is 0.481 e. The number of anilines is 1. The van der Waals surface area contributed by atoms with Gasteiger partial charge in [0, 0.05) is 11.0 Å². The number of hydrogen-bond donors (Lipinski definition) is 7. The number of phosphoric acid groups is 2. The maximum absolute atomic E-state index is 12.3. The Balaban J connectivity index is 1.30. The summed E-state index contributed by atoms with van der Waals surface area (Å²) in [6.45, 7) is -5.25. The zero-order chi connectivity index (χ0) is 31.2. The molecule has 20 nitrogen and oxygen atoms in total. The van der Waals surface area contributed by atoms with E-state index in [2.05, 4.69) is 33.0 Å². The molecule has 0 radical (unpaired) electrons. The van der Waals surface area contributed by atoms with Crippen molar-refractivity contribution in [2.75, 3.05) is 18.9 Å². The van der Waals surface area contributed by atoms with Gasteiger partial charge in [-0.15, -0.1) is 0 Å². The first kappa shape index (κ1) is 25.8. The summed E-state index contributed by atoms with van der Waals surface area (Å²) in [5, 5.41) is 40.7. The number of carbonyl (C=O) groups is 1. The highest BCUT2D eigenvalue weighted by Gasteiger charge is 2.48. The van der Waals surface area contributed by atoms with Crippen molar-refractivity contribution in [3.8, 4) is 0 Å². The minimum Gasteiger partial charge on any atom is -0.454 e. The number of aliphatic hydroxyl groups is 4. The monoisotopic (exact) mass is 604 g/mol. The van der Waals surface area contributed by atoms with Crippen molar-refractivity contribution in [3.63, 3.8) is 0 Å². The molecule has 0 aliphatic carbocycles.